The highest BCUT2D eigenvalue weighted by Gasteiger charge is 2.11. The molecular formula is C19H22N2O5. The first kappa shape index (κ1) is 19.1. The molecule has 7 nitrogen and oxygen atoms in total. The second-order valence-electron chi connectivity index (χ2n) is 5.68. The molecule has 0 aliphatic carbocycles. The fourth-order valence-corrected chi connectivity index (χ4v) is 2.51. The Balaban J connectivity index is 2.07. The number of methoxy groups -OCH3 is 2. The van der Waals surface area contributed by atoms with Crippen molar-refractivity contribution < 1.29 is 24.2 Å². The van der Waals surface area contributed by atoms with E-state index in [2.05, 4.69) is 10.6 Å². The lowest BCUT2D eigenvalue weighted by Gasteiger charge is -2.14. The first-order valence-corrected chi connectivity index (χ1v) is 8.04. The number of hydrogen-bond acceptors (Lipinski definition) is 4. The van der Waals surface area contributed by atoms with Gasteiger partial charge in [-0.05, 0) is 31.0 Å². The average Bonchev–Trinajstić information content (AvgIpc) is 2.61. The highest BCUT2D eigenvalue weighted by Crippen LogP contribution is 2.31. The minimum atomic E-state index is -0.858. The van der Waals surface area contributed by atoms with Crippen LogP contribution in [-0.2, 0) is 11.2 Å². The first-order chi connectivity index (χ1) is 12.4. The van der Waals surface area contributed by atoms with Gasteiger partial charge in [0.1, 0.15) is 11.5 Å². The number of nitrogens with one attached hydrogen (secondary N) is 2. The maximum Gasteiger partial charge on any atom is 0.323 e. The number of ether oxygens (including phenoxy) is 2. The van der Waals surface area contributed by atoms with Crippen LogP contribution in [0.4, 0.5) is 16.2 Å². The van der Waals surface area contributed by atoms with E-state index in [9.17, 15) is 9.59 Å². The molecule has 2 aromatic rings. The zero-order chi connectivity index (χ0) is 19.1. The Morgan fingerprint density at radius 3 is 2.19 bits per heavy atom. The average molecular weight is 358 g/mol. The molecule has 0 aliphatic rings. The predicted octanol–water partition coefficient (Wildman–Crippen LogP) is 3.67. The summed E-state index contributed by atoms with van der Waals surface area (Å²) in [5.74, 6) is 0.356. The highest BCUT2D eigenvalue weighted by atomic mass is 16.5. The Labute approximate surface area is 151 Å². The lowest BCUT2D eigenvalue weighted by Crippen LogP contribution is -2.19. The summed E-state index contributed by atoms with van der Waals surface area (Å²) in [6.45, 7) is 1.87. The number of carbonyl (C=O) groups is 2. The Morgan fingerprint density at radius 2 is 1.62 bits per heavy atom. The van der Waals surface area contributed by atoms with Crippen LogP contribution in [0.3, 0.4) is 0 Å². The van der Waals surface area contributed by atoms with Crippen molar-refractivity contribution in [3.05, 3.63) is 47.5 Å². The number of anilines is 2. The fraction of sp³-hybridized carbons (Fsp3) is 0.263. The summed E-state index contributed by atoms with van der Waals surface area (Å²) in [4.78, 5) is 22.9. The summed E-state index contributed by atoms with van der Waals surface area (Å²) < 4.78 is 10.6. The molecule has 0 saturated heterocycles. The normalized spacial score (nSPS) is 10.1. The Hall–Kier alpha value is -3.22. The van der Waals surface area contributed by atoms with Crippen molar-refractivity contribution in [3.8, 4) is 11.5 Å². The van der Waals surface area contributed by atoms with Crippen LogP contribution < -0.4 is 20.1 Å². The maximum atomic E-state index is 12.2. The van der Waals surface area contributed by atoms with Crippen molar-refractivity contribution in [2.75, 3.05) is 24.9 Å². The van der Waals surface area contributed by atoms with Crippen molar-refractivity contribution in [2.24, 2.45) is 0 Å². The molecule has 0 unspecified atom stereocenters. The lowest BCUT2D eigenvalue weighted by molar-refractivity contribution is -0.136. The monoisotopic (exact) mass is 358 g/mol. The topological polar surface area (TPSA) is 96.9 Å². The van der Waals surface area contributed by atoms with Gasteiger partial charge in [-0.1, -0.05) is 12.1 Å². The zero-order valence-corrected chi connectivity index (χ0v) is 15.0. The van der Waals surface area contributed by atoms with Gasteiger partial charge in [0.15, 0.2) is 0 Å². The molecule has 2 amide bonds. The molecule has 0 saturated carbocycles. The smallest absolute Gasteiger partial charge is 0.323 e. The summed E-state index contributed by atoms with van der Waals surface area (Å²) in [6.07, 6.45) is 0.442. The number of hydrogen-bond donors (Lipinski definition) is 3. The van der Waals surface area contributed by atoms with E-state index < -0.39 is 12.0 Å². The SMILES string of the molecule is COc1cc(NC(=O)Nc2cccc(CCC(=O)O)c2)cc(OC)c1C. The molecule has 0 spiro atoms. The number of carboxylic acids is 1. The third-order valence-electron chi connectivity index (χ3n) is 3.82. The molecule has 0 aliphatic heterocycles. The van der Waals surface area contributed by atoms with E-state index in [1.54, 1.807) is 44.6 Å². The van der Waals surface area contributed by atoms with E-state index in [4.69, 9.17) is 14.6 Å². The van der Waals surface area contributed by atoms with Crippen molar-refractivity contribution in [3.63, 3.8) is 0 Å². The summed E-state index contributed by atoms with van der Waals surface area (Å²) in [5.41, 5.74) is 2.79. The number of aryl methyl sites for hydroxylation is 1. The number of rotatable bonds is 7. The van der Waals surface area contributed by atoms with Crippen molar-refractivity contribution in [1.29, 1.82) is 0 Å². The molecule has 0 fully saturated rings. The second kappa shape index (κ2) is 8.75. The van der Waals surface area contributed by atoms with Gasteiger partial charge in [0, 0.05) is 35.5 Å². The second-order valence-corrected chi connectivity index (χ2v) is 5.68. The van der Waals surface area contributed by atoms with E-state index in [-0.39, 0.29) is 6.42 Å². The van der Waals surface area contributed by atoms with Crippen LogP contribution in [0.1, 0.15) is 17.5 Å². The number of carboxylic acid groups (broad SMARTS) is 1. The molecule has 138 valence electrons. The summed E-state index contributed by atoms with van der Waals surface area (Å²) >= 11 is 0. The molecular weight excluding hydrogens is 336 g/mol. The van der Waals surface area contributed by atoms with Gasteiger partial charge in [0.2, 0.25) is 0 Å². The van der Waals surface area contributed by atoms with Crippen LogP contribution in [0.5, 0.6) is 11.5 Å². The molecule has 3 N–H and O–H groups in total. The van der Waals surface area contributed by atoms with Crippen LogP contribution >= 0.6 is 0 Å². The van der Waals surface area contributed by atoms with Crippen molar-refractivity contribution in [2.45, 2.75) is 19.8 Å². The van der Waals surface area contributed by atoms with Crippen molar-refractivity contribution in [1.82, 2.24) is 0 Å². The van der Waals surface area contributed by atoms with Gasteiger partial charge in [-0.2, -0.15) is 0 Å². The molecule has 0 atom stereocenters. The van der Waals surface area contributed by atoms with Crippen LogP contribution in [0.2, 0.25) is 0 Å². The predicted molar refractivity (Wildman–Crippen MR) is 99.3 cm³/mol. The molecule has 0 aromatic heterocycles. The van der Waals surface area contributed by atoms with E-state index in [0.717, 1.165) is 11.1 Å². The van der Waals surface area contributed by atoms with Crippen LogP contribution in [0, 0.1) is 6.92 Å². The third kappa shape index (κ3) is 5.14. The van der Waals surface area contributed by atoms with Gasteiger partial charge in [-0.25, -0.2) is 4.79 Å². The molecule has 2 rings (SSSR count). The molecule has 0 bridgehead atoms. The minimum Gasteiger partial charge on any atom is -0.496 e. The van der Waals surface area contributed by atoms with Crippen LogP contribution in [-0.4, -0.2) is 31.3 Å². The Bertz CT molecular complexity index is 779. The molecule has 0 heterocycles. The fourth-order valence-electron chi connectivity index (χ4n) is 2.51. The van der Waals surface area contributed by atoms with E-state index in [0.29, 0.717) is 29.3 Å². The largest absolute Gasteiger partial charge is 0.496 e. The van der Waals surface area contributed by atoms with Gasteiger partial charge >= 0.3 is 12.0 Å². The number of carbonyl (C=O) groups excluding carboxylic acids is 1. The molecule has 2 aromatic carbocycles. The van der Waals surface area contributed by atoms with E-state index in [1.165, 1.54) is 0 Å². The maximum absolute atomic E-state index is 12.2. The van der Waals surface area contributed by atoms with Gasteiger partial charge < -0.3 is 25.2 Å². The summed E-state index contributed by atoms with van der Waals surface area (Å²) in [6, 6.07) is 10.1. The van der Waals surface area contributed by atoms with Crippen LogP contribution in [0.25, 0.3) is 0 Å². The molecule has 7 heteroatoms. The van der Waals surface area contributed by atoms with Gasteiger partial charge in [0.25, 0.3) is 0 Å². The Kier molecular flexibility index (Phi) is 6.43. The zero-order valence-electron chi connectivity index (χ0n) is 15.0. The lowest BCUT2D eigenvalue weighted by atomic mass is 10.1. The Morgan fingerprint density at radius 1 is 1.00 bits per heavy atom. The molecule has 26 heavy (non-hydrogen) atoms. The summed E-state index contributed by atoms with van der Waals surface area (Å²) in [5, 5.41) is 14.2. The van der Waals surface area contributed by atoms with Crippen molar-refractivity contribution >= 4 is 23.4 Å². The first-order valence-electron chi connectivity index (χ1n) is 8.04. The number of amides is 2. The van der Waals surface area contributed by atoms with E-state index in [1.807, 2.05) is 13.0 Å². The number of aliphatic carboxylic acids is 1. The van der Waals surface area contributed by atoms with E-state index >= 15 is 0 Å². The number of urea groups is 1. The number of benzene rings is 2. The van der Waals surface area contributed by atoms with Gasteiger partial charge in [-0.15, -0.1) is 0 Å². The van der Waals surface area contributed by atoms with Gasteiger partial charge in [0.05, 0.1) is 14.2 Å². The third-order valence-corrected chi connectivity index (χ3v) is 3.82. The van der Waals surface area contributed by atoms with Gasteiger partial charge in [-0.3, -0.25) is 4.79 Å². The quantitative estimate of drug-likeness (QED) is 0.702. The standard InChI is InChI=1S/C19H22N2O5/c1-12-16(25-2)10-15(11-17(12)26-3)21-19(24)20-14-6-4-5-13(9-14)7-8-18(22)23/h4-6,9-11H,7-8H2,1-3H3,(H,22,23)(H2,20,21,24). The minimum absolute atomic E-state index is 0.0403. The summed E-state index contributed by atoms with van der Waals surface area (Å²) in [7, 11) is 3.10. The van der Waals surface area contributed by atoms with Crippen LogP contribution in [0.15, 0.2) is 36.4 Å². The molecule has 0 radical (unpaired) electrons. The highest BCUT2D eigenvalue weighted by molar-refractivity contribution is 6.00.